The Labute approximate surface area is 163 Å². The summed E-state index contributed by atoms with van der Waals surface area (Å²) >= 11 is 7.52. The molecule has 2 N–H and O–H groups in total. The summed E-state index contributed by atoms with van der Waals surface area (Å²) in [5, 5.41) is 14.2. The lowest BCUT2D eigenvalue weighted by atomic mass is 10.0. The van der Waals surface area contributed by atoms with Gasteiger partial charge in [-0.1, -0.05) is 25.4 Å². The highest BCUT2D eigenvalue weighted by Gasteiger charge is 2.30. The van der Waals surface area contributed by atoms with Crippen LogP contribution in [0.2, 0.25) is 5.02 Å². The van der Waals surface area contributed by atoms with Gasteiger partial charge in [-0.3, -0.25) is 4.79 Å². The molecule has 140 valence electrons. The number of benzene rings is 1. The third kappa shape index (κ3) is 3.60. The van der Waals surface area contributed by atoms with E-state index in [4.69, 9.17) is 11.6 Å². The van der Waals surface area contributed by atoms with E-state index in [0.29, 0.717) is 16.4 Å². The summed E-state index contributed by atoms with van der Waals surface area (Å²) in [6.45, 7) is 7.60. The molecular formula is C19H24ClN3O2S. The topological polar surface area (TPSA) is 55.8 Å². The number of nitrogens with one attached hydrogen (secondary N) is 1. The minimum absolute atomic E-state index is 0.0954. The summed E-state index contributed by atoms with van der Waals surface area (Å²) in [5.74, 6) is -0.0954. The van der Waals surface area contributed by atoms with Gasteiger partial charge in [-0.2, -0.15) is 0 Å². The van der Waals surface area contributed by atoms with Crippen molar-refractivity contribution in [2.24, 2.45) is 0 Å². The standard InChI is InChI=1S/C19H24ClN3O2S/c1-4-23(5-2)9-8-21-18(24)16-11-14-17(26-16)13-7-6-12(20)10-15(13)22(3)19(14)25/h6-7,10-11,19,25H,4-5,8-9H2,1-3H3,(H,21,24). The SMILES string of the molecule is CCN(CC)CCNC(=O)c1cc2c(s1)-c1ccc(Cl)cc1N(C)C2O. The Kier molecular flexibility index (Phi) is 5.87. The van der Waals surface area contributed by atoms with E-state index in [0.717, 1.165) is 41.3 Å². The molecule has 0 fully saturated rings. The Balaban J connectivity index is 1.81. The van der Waals surface area contributed by atoms with Crippen molar-refractivity contribution >= 4 is 34.5 Å². The van der Waals surface area contributed by atoms with Crippen molar-refractivity contribution in [1.29, 1.82) is 0 Å². The Morgan fingerprint density at radius 3 is 2.77 bits per heavy atom. The molecular weight excluding hydrogens is 370 g/mol. The maximum atomic E-state index is 12.5. The number of hydrogen-bond donors (Lipinski definition) is 2. The highest BCUT2D eigenvalue weighted by molar-refractivity contribution is 7.17. The van der Waals surface area contributed by atoms with Gasteiger partial charge in [0.05, 0.1) is 4.88 Å². The Morgan fingerprint density at radius 2 is 2.08 bits per heavy atom. The van der Waals surface area contributed by atoms with Crippen LogP contribution in [0.15, 0.2) is 24.3 Å². The van der Waals surface area contributed by atoms with Crippen molar-refractivity contribution in [1.82, 2.24) is 10.2 Å². The van der Waals surface area contributed by atoms with E-state index in [2.05, 4.69) is 24.1 Å². The molecule has 2 aromatic rings. The van der Waals surface area contributed by atoms with Crippen LogP contribution < -0.4 is 10.2 Å². The molecule has 0 bridgehead atoms. The molecule has 0 saturated heterocycles. The first-order valence-electron chi connectivity index (χ1n) is 8.81. The number of fused-ring (bicyclic) bond motifs is 3. The fourth-order valence-corrected chi connectivity index (χ4v) is 4.50. The van der Waals surface area contributed by atoms with Crippen molar-refractivity contribution in [3.05, 3.63) is 39.7 Å². The van der Waals surface area contributed by atoms with E-state index >= 15 is 0 Å². The van der Waals surface area contributed by atoms with Crippen LogP contribution >= 0.6 is 22.9 Å². The number of likely N-dealkylation sites (N-methyl/N-ethyl adjacent to an activating group) is 1. The molecule has 1 aromatic heterocycles. The molecule has 26 heavy (non-hydrogen) atoms. The molecule has 1 aliphatic rings. The van der Waals surface area contributed by atoms with Crippen LogP contribution in [0.25, 0.3) is 10.4 Å². The lowest BCUT2D eigenvalue weighted by Gasteiger charge is -2.32. The first-order chi connectivity index (χ1) is 12.5. The van der Waals surface area contributed by atoms with Crippen molar-refractivity contribution in [3.8, 4) is 10.4 Å². The van der Waals surface area contributed by atoms with E-state index < -0.39 is 6.23 Å². The minimum Gasteiger partial charge on any atom is -0.369 e. The molecule has 3 rings (SSSR count). The second kappa shape index (κ2) is 7.96. The first-order valence-corrected chi connectivity index (χ1v) is 10.0. The summed E-state index contributed by atoms with van der Waals surface area (Å²) in [5.41, 5.74) is 2.62. The average molecular weight is 394 g/mol. The molecule has 7 heteroatoms. The van der Waals surface area contributed by atoms with Crippen molar-refractivity contribution in [3.63, 3.8) is 0 Å². The number of anilines is 1. The van der Waals surface area contributed by atoms with Crippen LogP contribution in [0, 0.1) is 0 Å². The predicted octanol–water partition coefficient (Wildman–Crippen LogP) is 3.58. The molecule has 0 spiro atoms. The van der Waals surface area contributed by atoms with Gasteiger partial charge in [-0.05, 0) is 37.4 Å². The van der Waals surface area contributed by atoms with E-state index in [1.54, 1.807) is 11.0 Å². The fraction of sp³-hybridized carbons (Fsp3) is 0.421. The lowest BCUT2D eigenvalue weighted by molar-refractivity contribution is 0.0952. The number of aliphatic hydroxyl groups excluding tert-OH is 1. The molecule has 0 aliphatic carbocycles. The van der Waals surface area contributed by atoms with Gasteiger partial charge in [0.15, 0.2) is 6.23 Å². The molecule has 1 aromatic carbocycles. The third-order valence-corrected chi connectivity index (χ3v) is 6.24. The Morgan fingerprint density at radius 1 is 1.35 bits per heavy atom. The van der Waals surface area contributed by atoms with Crippen molar-refractivity contribution < 1.29 is 9.90 Å². The number of carbonyl (C=O) groups is 1. The first kappa shape index (κ1) is 19.2. The average Bonchev–Trinajstić information content (AvgIpc) is 3.09. The summed E-state index contributed by atoms with van der Waals surface area (Å²) in [6, 6.07) is 7.41. The number of nitrogens with zero attached hydrogens (tertiary/aromatic N) is 2. The molecule has 1 aliphatic heterocycles. The number of thiophene rings is 1. The van der Waals surface area contributed by atoms with Gasteiger partial charge in [0.25, 0.3) is 5.91 Å². The number of hydrogen-bond acceptors (Lipinski definition) is 5. The fourth-order valence-electron chi connectivity index (χ4n) is 3.20. The maximum absolute atomic E-state index is 12.5. The van der Waals surface area contributed by atoms with E-state index in [9.17, 15) is 9.90 Å². The van der Waals surface area contributed by atoms with Crippen LogP contribution in [0.1, 0.15) is 35.3 Å². The molecule has 5 nitrogen and oxygen atoms in total. The quantitative estimate of drug-likeness (QED) is 0.787. The van der Waals surface area contributed by atoms with Crippen LogP contribution in [0.5, 0.6) is 0 Å². The van der Waals surface area contributed by atoms with E-state index in [1.165, 1.54) is 11.3 Å². The van der Waals surface area contributed by atoms with Crippen LogP contribution in [-0.4, -0.2) is 49.1 Å². The summed E-state index contributed by atoms with van der Waals surface area (Å²) < 4.78 is 0. The lowest BCUT2D eigenvalue weighted by Crippen LogP contribution is -2.34. The van der Waals surface area contributed by atoms with Crippen LogP contribution in [0.3, 0.4) is 0 Å². The molecule has 1 atom stereocenters. The van der Waals surface area contributed by atoms with Crippen molar-refractivity contribution in [2.45, 2.75) is 20.1 Å². The van der Waals surface area contributed by atoms with Crippen LogP contribution in [-0.2, 0) is 0 Å². The molecule has 1 unspecified atom stereocenters. The normalized spacial score (nSPS) is 15.8. The maximum Gasteiger partial charge on any atom is 0.261 e. The highest BCUT2D eigenvalue weighted by atomic mass is 35.5. The molecule has 1 amide bonds. The smallest absolute Gasteiger partial charge is 0.261 e. The molecule has 0 saturated carbocycles. The van der Waals surface area contributed by atoms with Gasteiger partial charge in [0.1, 0.15) is 0 Å². The van der Waals surface area contributed by atoms with Gasteiger partial charge in [0, 0.05) is 46.9 Å². The highest BCUT2D eigenvalue weighted by Crippen LogP contribution is 2.47. The largest absolute Gasteiger partial charge is 0.369 e. The molecule has 2 heterocycles. The second-order valence-corrected chi connectivity index (χ2v) is 7.81. The number of amides is 1. The van der Waals surface area contributed by atoms with Gasteiger partial charge in [-0.25, -0.2) is 0 Å². The number of aliphatic hydroxyl groups is 1. The van der Waals surface area contributed by atoms with Crippen molar-refractivity contribution in [2.75, 3.05) is 38.1 Å². The number of carbonyl (C=O) groups excluding carboxylic acids is 1. The van der Waals surface area contributed by atoms with E-state index in [1.807, 2.05) is 25.2 Å². The van der Waals surface area contributed by atoms with Gasteiger partial charge < -0.3 is 20.2 Å². The zero-order valence-electron chi connectivity index (χ0n) is 15.3. The predicted molar refractivity (Wildman–Crippen MR) is 108 cm³/mol. The van der Waals surface area contributed by atoms with Gasteiger partial charge in [0.2, 0.25) is 0 Å². The summed E-state index contributed by atoms with van der Waals surface area (Å²) in [6.07, 6.45) is -0.788. The van der Waals surface area contributed by atoms with Crippen LogP contribution in [0.4, 0.5) is 5.69 Å². The molecule has 0 radical (unpaired) electrons. The third-order valence-electron chi connectivity index (χ3n) is 4.82. The summed E-state index contributed by atoms with van der Waals surface area (Å²) in [4.78, 5) is 18.1. The zero-order chi connectivity index (χ0) is 18.8. The van der Waals surface area contributed by atoms with E-state index in [-0.39, 0.29) is 5.91 Å². The monoisotopic (exact) mass is 393 g/mol. The van der Waals surface area contributed by atoms with Gasteiger partial charge >= 0.3 is 0 Å². The minimum atomic E-state index is -0.788. The summed E-state index contributed by atoms with van der Waals surface area (Å²) in [7, 11) is 1.82. The number of rotatable bonds is 6. The van der Waals surface area contributed by atoms with Gasteiger partial charge in [-0.15, -0.1) is 11.3 Å². The Bertz CT molecular complexity index is 804. The Hall–Kier alpha value is -1.60. The zero-order valence-corrected chi connectivity index (χ0v) is 16.8. The number of halogens is 1. The second-order valence-electron chi connectivity index (χ2n) is 6.32.